The zero-order valence-electron chi connectivity index (χ0n) is 15.9. The number of amides is 1. The van der Waals surface area contributed by atoms with E-state index in [9.17, 15) is 9.59 Å². The molecule has 0 saturated heterocycles. The average Bonchev–Trinajstić information content (AvgIpc) is 2.69. The van der Waals surface area contributed by atoms with E-state index in [0.29, 0.717) is 17.1 Å². The summed E-state index contributed by atoms with van der Waals surface area (Å²) in [6.45, 7) is 4.44. The number of hydrogen-bond acceptors (Lipinski definition) is 2. The first-order chi connectivity index (χ1) is 13.5. The monoisotopic (exact) mass is 394 g/mol. The van der Waals surface area contributed by atoms with Gasteiger partial charge in [0.1, 0.15) is 0 Å². The van der Waals surface area contributed by atoms with E-state index in [4.69, 9.17) is 11.6 Å². The van der Waals surface area contributed by atoms with Gasteiger partial charge in [-0.15, -0.1) is 0 Å². The van der Waals surface area contributed by atoms with Gasteiger partial charge in [-0.2, -0.15) is 0 Å². The number of nitrogens with one attached hydrogen (secondary N) is 1. The summed E-state index contributed by atoms with van der Waals surface area (Å²) in [4.78, 5) is 25.1. The van der Waals surface area contributed by atoms with Crippen LogP contribution in [-0.4, -0.2) is 10.5 Å². The van der Waals surface area contributed by atoms with Crippen LogP contribution >= 0.6 is 11.6 Å². The maximum Gasteiger partial charge on any atom is 0.253 e. The largest absolute Gasteiger partial charge is 0.345 e. The van der Waals surface area contributed by atoms with Gasteiger partial charge >= 0.3 is 0 Å². The van der Waals surface area contributed by atoms with Crippen molar-refractivity contribution in [1.29, 1.82) is 0 Å². The molecule has 0 saturated carbocycles. The Balaban J connectivity index is 1.84. The van der Waals surface area contributed by atoms with Gasteiger partial charge in [0.2, 0.25) is 0 Å². The summed E-state index contributed by atoms with van der Waals surface area (Å²) in [5.74, 6) is 0.0100. The fourth-order valence-corrected chi connectivity index (χ4v) is 3.31. The lowest BCUT2D eigenvalue weighted by molar-refractivity contribution is 0.0924. The second-order valence-electron chi connectivity index (χ2n) is 7.08. The second-order valence-corrected chi connectivity index (χ2v) is 7.49. The maximum atomic E-state index is 12.9. The molecule has 1 unspecified atom stereocenters. The average molecular weight is 395 g/mol. The third-order valence-electron chi connectivity index (χ3n) is 4.66. The fourth-order valence-electron chi connectivity index (χ4n) is 3.12. The van der Waals surface area contributed by atoms with Crippen LogP contribution < -0.4 is 10.9 Å². The van der Waals surface area contributed by atoms with Gasteiger partial charge in [0.05, 0.1) is 18.2 Å². The minimum Gasteiger partial charge on any atom is -0.345 e. The molecule has 4 nitrogen and oxygen atoms in total. The Kier molecular flexibility index (Phi) is 6.32. The fraction of sp³-hybridized carbons (Fsp3) is 0.217. The van der Waals surface area contributed by atoms with Gasteiger partial charge in [0, 0.05) is 17.3 Å². The van der Waals surface area contributed by atoms with Crippen molar-refractivity contribution in [2.24, 2.45) is 5.92 Å². The molecule has 0 aliphatic carbocycles. The topological polar surface area (TPSA) is 51.1 Å². The summed E-state index contributed by atoms with van der Waals surface area (Å²) < 4.78 is 1.50. The van der Waals surface area contributed by atoms with Crippen molar-refractivity contribution in [3.8, 4) is 0 Å². The Labute approximate surface area is 169 Å². The number of halogens is 1. The van der Waals surface area contributed by atoms with Gasteiger partial charge in [-0.25, -0.2) is 0 Å². The Hall–Kier alpha value is -2.85. The van der Waals surface area contributed by atoms with Crippen LogP contribution in [0.2, 0.25) is 5.02 Å². The third-order valence-corrected chi connectivity index (χ3v) is 5.02. The lowest BCUT2D eigenvalue weighted by atomic mass is 9.96. The summed E-state index contributed by atoms with van der Waals surface area (Å²) in [5, 5.41) is 3.68. The first kappa shape index (κ1) is 19.9. The van der Waals surface area contributed by atoms with Gasteiger partial charge in [-0.3, -0.25) is 9.59 Å². The SMILES string of the molecule is CC(C)C(NC(=O)c1ccc(=O)n(Cc2ccccc2Cl)c1)c1ccccc1. The molecule has 0 radical (unpaired) electrons. The molecule has 1 heterocycles. The molecule has 144 valence electrons. The van der Waals surface area contributed by atoms with Crippen molar-refractivity contribution in [2.45, 2.75) is 26.4 Å². The summed E-state index contributed by atoms with van der Waals surface area (Å²) in [5.41, 5.74) is 2.14. The van der Waals surface area contributed by atoms with Gasteiger partial charge in [-0.1, -0.05) is 74.0 Å². The number of pyridine rings is 1. The zero-order valence-corrected chi connectivity index (χ0v) is 16.7. The van der Waals surface area contributed by atoms with E-state index >= 15 is 0 Å². The quantitative estimate of drug-likeness (QED) is 0.660. The lowest BCUT2D eigenvalue weighted by Gasteiger charge is -2.23. The standard InChI is InChI=1S/C23H23ClN2O2/c1-16(2)22(17-8-4-3-5-9-17)25-23(28)19-12-13-21(27)26(15-19)14-18-10-6-7-11-20(18)24/h3-13,15-16,22H,14H2,1-2H3,(H,25,28). The highest BCUT2D eigenvalue weighted by Gasteiger charge is 2.19. The highest BCUT2D eigenvalue weighted by Crippen LogP contribution is 2.22. The number of carbonyl (C=O) groups excluding carboxylic acids is 1. The molecular formula is C23H23ClN2O2. The molecular weight excluding hydrogens is 372 g/mol. The van der Waals surface area contributed by atoms with Crippen molar-refractivity contribution < 1.29 is 4.79 Å². The van der Waals surface area contributed by atoms with E-state index in [1.165, 1.54) is 10.6 Å². The Morgan fingerprint density at radius 2 is 1.68 bits per heavy atom. The smallest absolute Gasteiger partial charge is 0.253 e. The van der Waals surface area contributed by atoms with Crippen LogP contribution in [0.25, 0.3) is 0 Å². The molecule has 3 aromatic rings. The number of rotatable bonds is 6. The number of nitrogens with zero attached hydrogens (tertiary/aromatic N) is 1. The summed E-state index contributed by atoms with van der Waals surface area (Å²) in [7, 11) is 0. The van der Waals surface area contributed by atoms with Crippen LogP contribution in [0.4, 0.5) is 0 Å². The van der Waals surface area contributed by atoms with Crippen molar-refractivity contribution in [3.63, 3.8) is 0 Å². The predicted octanol–water partition coefficient (Wildman–Crippen LogP) is 4.68. The molecule has 0 aliphatic rings. The highest BCUT2D eigenvalue weighted by atomic mass is 35.5. The number of aromatic nitrogens is 1. The van der Waals surface area contributed by atoms with Gasteiger partial charge in [0.15, 0.2) is 0 Å². The number of hydrogen-bond donors (Lipinski definition) is 1. The summed E-state index contributed by atoms with van der Waals surface area (Å²) in [6, 6.07) is 20.1. The van der Waals surface area contributed by atoms with Crippen molar-refractivity contribution >= 4 is 17.5 Å². The van der Waals surface area contributed by atoms with Gasteiger partial charge < -0.3 is 9.88 Å². The molecule has 28 heavy (non-hydrogen) atoms. The molecule has 5 heteroatoms. The predicted molar refractivity (Wildman–Crippen MR) is 113 cm³/mol. The molecule has 0 spiro atoms. The van der Waals surface area contributed by atoms with E-state index in [-0.39, 0.29) is 23.4 Å². The van der Waals surface area contributed by atoms with Crippen LogP contribution in [0.1, 0.15) is 41.4 Å². The van der Waals surface area contributed by atoms with Gasteiger partial charge in [0.25, 0.3) is 11.5 Å². The molecule has 3 rings (SSSR count). The molecule has 1 N–H and O–H groups in total. The first-order valence-electron chi connectivity index (χ1n) is 9.25. The van der Waals surface area contributed by atoms with E-state index in [0.717, 1.165) is 11.1 Å². The molecule has 1 aromatic heterocycles. The highest BCUT2D eigenvalue weighted by molar-refractivity contribution is 6.31. The molecule has 1 amide bonds. The maximum absolute atomic E-state index is 12.9. The number of carbonyl (C=O) groups is 1. The van der Waals surface area contributed by atoms with Gasteiger partial charge in [-0.05, 0) is 29.2 Å². The van der Waals surface area contributed by atoms with Crippen LogP contribution in [-0.2, 0) is 6.54 Å². The Morgan fingerprint density at radius 1 is 1.00 bits per heavy atom. The summed E-state index contributed by atoms with van der Waals surface area (Å²) in [6.07, 6.45) is 1.59. The normalized spacial score (nSPS) is 12.0. The minimum atomic E-state index is -0.213. The van der Waals surface area contributed by atoms with E-state index in [1.54, 1.807) is 18.3 Å². The van der Waals surface area contributed by atoms with Crippen molar-refractivity contribution in [1.82, 2.24) is 9.88 Å². The number of benzene rings is 2. The van der Waals surface area contributed by atoms with E-state index < -0.39 is 0 Å². The van der Waals surface area contributed by atoms with Crippen molar-refractivity contribution in [2.75, 3.05) is 0 Å². The van der Waals surface area contributed by atoms with Crippen molar-refractivity contribution in [3.05, 3.63) is 105 Å². The Morgan fingerprint density at radius 3 is 2.36 bits per heavy atom. The van der Waals surface area contributed by atoms with Crippen LogP contribution in [0.3, 0.4) is 0 Å². The summed E-state index contributed by atoms with van der Waals surface area (Å²) >= 11 is 6.21. The molecule has 0 fully saturated rings. The molecule has 0 aliphatic heterocycles. The lowest BCUT2D eigenvalue weighted by Crippen LogP contribution is -2.33. The zero-order chi connectivity index (χ0) is 20.1. The molecule has 0 bridgehead atoms. The third kappa shape index (κ3) is 4.70. The molecule has 2 aromatic carbocycles. The Bertz CT molecular complexity index is 1010. The van der Waals surface area contributed by atoms with E-state index in [2.05, 4.69) is 19.2 Å². The van der Waals surface area contributed by atoms with E-state index in [1.807, 2.05) is 48.5 Å². The van der Waals surface area contributed by atoms with Crippen LogP contribution in [0.15, 0.2) is 77.7 Å². The van der Waals surface area contributed by atoms with Crippen LogP contribution in [0.5, 0.6) is 0 Å². The van der Waals surface area contributed by atoms with Crippen LogP contribution in [0, 0.1) is 5.92 Å². The first-order valence-corrected chi connectivity index (χ1v) is 9.63. The minimum absolute atomic E-state index is 0.113. The second kappa shape index (κ2) is 8.89. The molecule has 1 atom stereocenters.